The summed E-state index contributed by atoms with van der Waals surface area (Å²) >= 11 is 0. The fourth-order valence-electron chi connectivity index (χ4n) is 4.79. The Balaban J connectivity index is 1.63. The summed E-state index contributed by atoms with van der Waals surface area (Å²) in [7, 11) is 0. The van der Waals surface area contributed by atoms with Crippen molar-refractivity contribution in [2.45, 2.75) is 38.9 Å². The molecule has 0 unspecified atom stereocenters. The third-order valence-corrected chi connectivity index (χ3v) is 6.85. The van der Waals surface area contributed by atoms with Crippen molar-refractivity contribution in [3.05, 3.63) is 83.7 Å². The van der Waals surface area contributed by atoms with Gasteiger partial charge < -0.3 is 10.2 Å². The van der Waals surface area contributed by atoms with Gasteiger partial charge in [0.15, 0.2) is 0 Å². The first-order valence-electron chi connectivity index (χ1n) is 12.8. The summed E-state index contributed by atoms with van der Waals surface area (Å²) in [5, 5.41) is 11.7. The Morgan fingerprint density at radius 1 is 1.00 bits per heavy atom. The monoisotopic (exact) mass is 552 g/mol. The highest BCUT2D eigenvalue weighted by Gasteiger charge is 2.35. The third kappa shape index (κ3) is 6.42. The van der Waals surface area contributed by atoms with Gasteiger partial charge in [-0.15, -0.1) is 0 Å². The molecule has 0 atom stereocenters. The number of alkyl halides is 3. The fraction of sp³-hybridized carbons (Fsp3) is 0.300. The zero-order chi connectivity index (χ0) is 29.0. The maximum atomic E-state index is 13.8. The van der Waals surface area contributed by atoms with Gasteiger partial charge in [-0.05, 0) is 66.4 Å². The lowest BCUT2D eigenvalue weighted by Gasteiger charge is -2.39. The Morgan fingerprint density at radius 2 is 1.68 bits per heavy atom. The van der Waals surface area contributed by atoms with Gasteiger partial charge in [-0.3, -0.25) is 9.69 Å². The van der Waals surface area contributed by atoms with E-state index in [4.69, 9.17) is 0 Å². The highest BCUT2D eigenvalue weighted by Crippen LogP contribution is 2.34. The van der Waals surface area contributed by atoms with Gasteiger partial charge in [0.1, 0.15) is 5.82 Å². The van der Waals surface area contributed by atoms with Crippen molar-refractivity contribution < 1.29 is 27.2 Å². The van der Waals surface area contributed by atoms with Crippen LogP contribution in [0.2, 0.25) is 0 Å². The van der Waals surface area contributed by atoms with Gasteiger partial charge >= 0.3 is 12.2 Å². The lowest BCUT2D eigenvalue weighted by molar-refractivity contribution is -0.140. The predicted octanol–water partition coefficient (Wildman–Crippen LogP) is 7.07. The van der Waals surface area contributed by atoms with E-state index in [1.165, 1.54) is 4.90 Å². The lowest BCUT2D eigenvalue weighted by Crippen LogP contribution is -2.51. The van der Waals surface area contributed by atoms with E-state index in [1.807, 2.05) is 19.9 Å². The van der Waals surface area contributed by atoms with Gasteiger partial charge in [-0.2, -0.15) is 18.4 Å². The minimum atomic E-state index is -4.92. The smallest absolute Gasteiger partial charge is 0.342 e. The second-order valence-corrected chi connectivity index (χ2v) is 9.94. The largest absolute Gasteiger partial charge is 0.419 e. The summed E-state index contributed by atoms with van der Waals surface area (Å²) in [5.74, 6) is -1.57. The van der Waals surface area contributed by atoms with Crippen LogP contribution >= 0.6 is 0 Å². The molecular weight excluding hydrogens is 524 g/mol. The number of hydrogen-bond donors (Lipinski definition) is 1. The topological polar surface area (TPSA) is 76.4 Å². The van der Waals surface area contributed by atoms with E-state index in [0.29, 0.717) is 49.3 Å². The Morgan fingerprint density at radius 3 is 2.27 bits per heavy atom. The average Bonchev–Trinajstić information content (AvgIpc) is 2.94. The molecule has 0 aliphatic carbocycles. The quantitative estimate of drug-likeness (QED) is 0.344. The summed E-state index contributed by atoms with van der Waals surface area (Å²) < 4.78 is 53.6. The lowest BCUT2D eigenvalue weighted by atomic mass is 9.99. The Kier molecular flexibility index (Phi) is 8.43. The number of nitriles is 1. The molecule has 1 heterocycles. The summed E-state index contributed by atoms with van der Waals surface area (Å²) in [6, 6.07) is 17.5. The molecule has 6 nitrogen and oxygen atoms in total. The SMILES string of the molecule is CC(C)C(=O)N1CCC(N(C(=O)Nc2ccc(F)c(C(F)(F)F)c2)c2ccc(-c3cccc(C#N)c3)cc2)CC1. The first kappa shape index (κ1) is 28.6. The van der Waals surface area contributed by atoms with Crippen LogP contribution in [0.15, 0.2) is 66.7 Å². The van der Waals surface area contributed by atoms with E-state index < -0.39 is 23.6 Å². The minimum Gasteiger partial charge on any atom is -0.342 e. The van der Waals surface area contributed by atoms with Crippen LogP contribution in [0.4, 0.5) is 33.7 Å². The molecule has 1 aliphatic heterocycles. The van der Waals surface area contributed by atoms with Crippen LogP contribution in [-0.2, 0) is 11.0 Å². The van der Waals surface area contributed by atoms with Crippen LogP contribution < -0.4 is 10.2 Å². The van der Waals surface area contributed by atoms with Gasteiger partial charge in [0.05, 0.1) is 17.2 Å². The first-order valence-corrected chi connectivity index (χ1v) is 12.8. The zero-order valence-corrected chi connectivity index (χ0v) is 22.0. The van der Waals surface area contributed by atoms with Gasteiger partial charge in [-0.1, -0.05) is 38.1 Å². The zero-order valence-electron chi connectivity index (χ0n) is 22.0. The standard InChI is InChI=1S/C30H28F4N4O2/c1-19(2)28(39)37-14-12-25(13-15-37)38(29(40)36-23-8-11-27(31)26(17-23)30(32,33)34)24-9-6-21(7-10-24)22-5-3-4-20(16-22)18-35/h3-11,16-17,19,25H,12-15H2,1-2H3,(H,36,40). The van der Waals surface area contributed by atoms with Gasteiger partial charge in [0.25, 0.3) is 0 Å². The number of amides is 3. The van der Waals surface area contributed by atoms with Crippen molar-refractivity contribution in [3.8, 4) is 17.2 Å². The molecule has 1 N–H and O–H groups in total. The number of hydrogen-bond acceptors (Lipinski definition) is 3. The molecule has 0 aromatic heterocycles. The van der Waals surface area contributed by atoms with E-state index in [-0.39, 0.29) is 23.6 Å². The number of carbonyl (C=O) groups excluding carboxylic acids is 2. The number of benzene rings is 3. The number of piperidine rings is 1. The minimum absolute atomic E-state index is 0.0180. The summed E-state index contributed by atoms with van der Waals surface area (Å²) in [6.45, 7) is 4.50. The fourth-order valence-corrected chi connectivity index (χ4v) is 4.79. The molecule has 3 aromatic rings. The van der Waals surface area contributed by atoms with Crippen LogP contribution in [0.1, 0.15) is 37.8 Å². The predicted molar refractivity (Wildman–Crippen MR) is 144 cm³/mol. The van der Waals surface area contributed by atoms with Gasteiger partial charge in [0.2, 0.25) is 5.91 Å². The number of anilines is 2. The molecule has 0 spiro atoms. The second-order valence-electron chi connectivity index (χ2n) is 9.94. The van der Waals surface area contributed by atoms with Crippen molar-refractivity contribution in [2.75, 3.05) is 23.3 Å². The Bertz CT molecular complexity index is 1420. The molecule has 10 heteroatoms. The molecule has 208 valence electrons. The number of urea groups is 1. The second kappa shape index (κ2) is 11.8. The molecular formula is C30H28F4N4O2. The van der Waals surface area contributed by atoms with Gasteiger partial charge in [-0.25, -0.2) is 9.18 Å². The average molecular weight is 553 g/mol. The Labute approximate surface area is 229 Å². The first-order chi connectivity index (χ1) is 19.0. The molecule has 3 aromatic carbocycles. The van der Waals surface area contributed by atoms with E-state index in [9.17, 15) is 32.4 Å². The summed E-state index contributed by atoms with van der Waals surface area (Å²) in [5.41, 5.74) is 0.967. The molecule has 40 heavy (non-hydrogen) atoms. The van der Waals surface area contributed by atoms with E-state index >= 15 is 0 Å². The van der Waals surface area contributed by atoms with Crippen LogP contribution in [0.3, 0.4) is 0 Å². The highest BCUT2D eigenvalue weighted by molar-refractivity contribution is 6.02. The molecule has 1 aliphatic rings. The highest BCUT2D eigenvalue weighted by atomic mass is 19.4. The Hall–Kier alpha value is -4.39. The summed E-state index contributed by atoms with van der Waals surface area (Å²) in [6.07, 6.45) is -3.98. The van der Waals surface area contributed by atoms with Crippen LogP contribution in [-0.4, -0.2) is 36.0 Å². The molecule has 0 radical (unpaired) electrons. The van der Waals surface area contributed by atoms with Crippen molar-refractivity contribution in [3.63, 3.8) is 0 Å². The van der Waals surface area contributed by atoms with Gasteiger partial charge in [0, 0.05) is 36.4 Å². The number of nitrogens with zero attached hydrogens (tertiary/aromatic N) is 3. The normalized spacial score (nSPS) is 14.1. The van der Waals surface area contributed by atoms with Crippen molar-refractivity contribution in [2.24, 2.45) is 5.92 Å². The maximum absolute atomic E-state index is 13.8. The van der Waals surface area contributed by atoms with Crippen LogP contribution in [0, 0.1) is 23.1 Å². The van der Waals surface area contributed by atoms with Crippen molar-refractivity contribution >= 4 is 23.3 Å². The molecule has 3 amide bonds. The number of carbonyl (C=O) groups is 2. The van der Waals surface area contributed by atoms with Crippen molar-refractivity contribution in [1.82, 2.24) is 4.90 Å². The number of nitrogens with one attached hydrogen (secondary N) is 1. The number of halogens is 4. The maximum Gasteiger partial charge on any atom is 0.419 e. The number of rotatable bonds is 5. The molecule has 0 saturated carbocycles. The third-order valence-electron chi connectivity index (χ3n) is 6.85. The summed E-state index contributed by atoms with van der Waals surface area (Å²) in [4.78, 5) is 29.2. The molecule has 1 fully saturated rings. The van der Waals surface area contributed by atoms with Crippen LogP contribution in [0.25, 0.3) is 11.1 Å². The van der Waals surface area contributed by atoms with E-state index in [0.717, 1.165) is 17.2 Å². The van der Waals surface area contributed by atoms with Crippen LogP contribution in [0.5, 0.6) is 0 Å². The molecule has 4 rings (SSSR count). The van der Waals surface area contributed by atoms with Crippen molar-refractivity contribution in [1.29, 1.82) is 5.26 Å². The molecule has 1 saturated heterocycles. The number of likely N-dealkylation sites (tertiary alicyclic amines) is 1. The van der Waals surface area contributed by atoms with E-state index in [1.54, 1.807) is 47.4 Å². The molecule has 0 bridgehead atoms. The van der Waals surface area contributed by atoms with E-state index in [2.05, 4.69) is 11.4 Å².